The van der Waals surface area contributed by atoms with Crippen LogP contribution >= 0.6 is 23.1 Å². The molecule has 1 aromatic heterocycles. The van der Waals surface area contributed by atoms with E-state index < -0.39 is 12.1 Å². The van der Waals surface area contributed by atoms with Gasteiger partial charge in [-0.25, -0.2) is 9.78 Å². The molecule has 10 heteroatoms. The molecular weight excluding hydrogens is 450 g/mol. The Morgan fingerprint density at radius 2 is 2.12 bits per heavy atom. The molecule has 1 amide bonds. The second-order valence-electron chi connectivity index (χ2n) is 7.00. The van der Waals surface area contributed by atoms with Gasteiger partial charge in [0.05, 0.1) is 17.7 Å². The number of carboxylic acids is 1. The Morgan fingerprint density at radius 1 is 1.34 bits per heavy atom. The highest BCUT2D eigenvalue weighted by molar-refractivity contribution is 8.18. The van der Waals surface area contributed by atoms with E-state index in [1.165, 1.54) is 30.2 Å². The highest BCUT2D eigenvalue weighted by Crippen LogP contribution is 2.36. The van der Waals surface area contributed by atoms with Crippen LogP contribution in [0.25, 0.3) is 6.08 Å². The summed E-state index contributed by atoms with van der Waals surface area (Å²) in [5.41, 5.74) is 1.63. The average Bonchev–Trinajstić information content (AvgIpc) is 3.30. The number of rotatable bonds is 9. The standard InChI is InChI=1S/C22H25N3O5S2/c1-5-9-25-19(26)18(32-22(25)24-21-23-13(3)12-31-21)11-14-7-8-16(17(10-14)29-4)30-15(6-2)20(27)28/h7-8,10-12,15H,5-6,9H2,1-4H3,(H,27,28)/b18-11+,24-22+. The fraction of sp³-hybridized carbons (Fsp3) is 0.364. The number of aliphatic imine (C=N–C) groups is 1. The van der Waals surface area contributed by atoms with Crippen molar-refractivity contribution in [2.75, 3.05) is 13.7 Å². The lowest BCUT2D eigenvalue weighted by molar-refractivity contribution is -0.145. The first-order valence-corrected chi connectivity index (χ1v) is 11.9. The molecule has 8 nitrogen and oxygen atoms in total. The molecule has 1 N–H and O–H groups in total. The summed E-state index contributed by atoms with van der Waals surface area (Å²) >= 11 is 2.74. The number of aliphatic carboxylic acids is 1. The average molecular weight is 476 g/mol. The highest BCUT2D eigenvalue weighted by atomic mass is 32.2. The van der Waals surface area contributed by atoms with Gasteiger partial charge in [-0.1, -0.05) is 19.9 Å². The van der Waals surface area contributed by atoms with Crippen LogP contribution in [-0.4, -0.2) is 51.8 Å². The van der Waals surface area contributed by atoms with Crippen LogP contribution in [0.5, 0.6) is 11.5 Å². The SMILES string of the molecule is CCCN1C(=O)/C(=C\c2ccc(OC(CC)C(=O)O)c(OC)c2)S/C1=N/c1nc(C)cs1. The number of aryl methyl sites for hydroxylation is 1. The van der Waals surface area contributed by atoms with Gasteiger partial charge in [0.15, 0.2) is 22.8 Å². The van der Waals surface area contributed by atoms with Gasteiger partial charge in [0.25, 0.3) is 5.91 Å². The molecule has 1 atom stereocenters. The first kappa shape index (κ1) is 23.8. The lowest BCUT2D eigenvalue weighted by atomic mass is 10.1. The molecule has 1 aliphatic rings. The van der Waals surface area contributed by atoms with Crippen molar-refractivity contribution in [1.29, 1.82) is 0 Å². The Kier molecular flexibility index (Phi) is 7.92. The summed E-state index contributed by atoms with van der Waals surface area (Å²) in [6, 6.07) is 5.13. The number of hydrogen-bond donors (Lipinski definition) is 1. The summed E-state index contributed by atoms with van der Waals surface area (Å²) in [5, 5.41) is 12.4. The summed E-state index contributed by atoms with van der Waals surface area (Å²) in [5.74, 6) is -0.414. The minimum absolute atomic E-state index is 0.111. The number of aromatic nitrogens is 1. The number of carboxylic acid groups (broad SMARTS) is 1. The van der Waals surface area contributed by atoms with Gasteiger partial charge in [0.1, 0.15) is 0 Å². The first-order chi connectivity index (χ1) is 15.4. The smallest absolute Gasteiger partial charge is 0.344 e. The second kappa shape index (κ2) is 10.6. The van der Waals surface area contributed by atoms with Gasteiger partial charge in [-0.3, -0.25) is 9.69 Å². The summed E-state index contributed by atoms with van der Waals surface area (Å²) in [6.45, 7) is 6.22. The number of thioether (sulfide) groups is 1. The Labute approximate surface area is 195 Å². The molecule has 2 aromatic rings. The molecule has 1 aliphatic heterocycles. The van der Waals surface area contributed by atoms with Crippen molar-refractivity contribution in [3.8, 4) is 11.5 Å². The lowest BCUT2D eigenvalue weighted by Gasteiger charge is -2.16. The number of carbonyl (C=O) groups is 2. The van der Waals surface area contributed by atoms with Gasteiger partial charge < -0.3 is 14.6 Å². The number of benzene rings is 1. The van der Waals surface area contributed by atoms with E-state index in [1.807, 2.05) is 19.2 Å². The molecule has 1 saturated heterocycles. The molecule has 2 heterocycles. The highest BCUT2D eigenvalue weighted by Gasteiger charge is 2.33. The van der Waals surface area contributed by atoms with Crippen molar-refractivity contribution < 1.29 is 24.2 Å². The van der Waals surface area contributed by atoms with Crippen molar-refractivity contribution in [3.05, 3.63) is 39.7 Å². The molecule has 0 saturated carbocycles. The number of carbonyl (C=O) groups excluding carboxylic acids is 1. The predicted molar refractivity (Wildman–Crippen MR) is 127 cm³/mol. The van der Waals surface area contributed by atoms with Gasteiger partial charge in [0.2, 0.25) is 5.13 Å². The molecule has 1 aromatic carbocycles. The second-order valence-corrected chi connectivity index (χ2v) is 8.84. The molecule has 1 fully saturated rings. The van der Waals surface area contributed by atoms with Gasteiger partial charge in [-0.15, -0.1) is 11.3 Å². The molecular formula is C22H25N3O5S2. The summed E-state index contributed by atoms with van der Waals surface area (Å²) in [4.78, 5) is 35.4. The quantitative estimate of drug-likeness (QED) is 0.524. The normalized spacial score (nSPS) is 17.2. The van der Waals surface area contributed by atoms with Crippen molar-refractivity contribution in [2.24, 2.45) is 4.99 Å². The van der Waals surface area contributed by atoms with Crippen LogP contribution in [0.2, 0.25) is 0 Å². The van der Waals surface area contributed by atoms with E-state index in [0.717, 1.165) is 17.7 Å². The van der Waals surface area contributed by atoms with E-state index in [1.54, 1.807) is 36.1 Å². The van der Waals surface area contributed by atoms with Gasteiger partial charge in [0, 0.05) is 11.9 Å². The molecule has 1 unspecified atom stereocenters. The lowest BCUT2D eigenvalue weighted by Crippen LogP contribution is -2.29. The third kappa shape index (κ3) is 5.49. The van der Waals surface area contributed by atoms with Gasteiger partial charge in [-0.2, -0.15) is 4.99 Å². The minimum Gasteiger partial charge on any atom is -0.493 e. The first-order valence-electron chi connectivity index (χ1n) is 10.2. The van der Waals surface area contributed by atoms with E-state index >= 15 is 0 Å². The van der Waals surface area contributed by atoms with Crippen LogP contribution in [0.4, 0.5) is 5.13 Å². The topological polar surface area (TPSA) is 101 Å². The maximum atomic E-state index is 13.0. The van der Waals surface area contributed by atoms with Crippen LogP contribution < -0.4 is 9.47 Å². The predicted octanol–water partition coefficient (Wildman–Crippen LogP) is 4.72. The summed E-state index contributed by atoms with van der Waals surface area (Å²) in [6.07, 6.45) is 1.93. The van der Waals surface area contributed by atoms with E-state index in [9.17, 15) is 14.7 Å². The van der Waals surface area contributed by atoms with Crippen LogP contribution in [0.15, 0.2) is 33.5 Å². The van der Waals surface area contributed by atoms with Crippen molar-refractivity contribution in [1.82, 2.24) is 9.88 Å². The summed E-state index contributed by atoms with van der Waals surface area (Å²) in [7, 11) is 1.49. The van der Waals surface area contributed by atoms with Crippen molar-refractivity contribution in [3.63, 3.8) is 0 Å². The third-order valence-corrected chi connectivity index (χ3v) is 6.39. The number of hydrogen-bond acceptors (Lipinski definition) is 8. The fourth-order valence-electron chi connectivity index (χ4n) is 2.97. The van der Waals surface area contributed by atoms with Crippen LogP contribution in [0, 0.1) is 6.92 Å². The molecule has 0 bridgehead atoms. The summed E-state index contributed by atoms with van der Waals surface area (Å²) < 4.78 is 11.0. The molecule has 32 heavy (non-hydrogen) atoms. The van der Waals surface area contributed by atoms with Crippen LogP contribution in [-0.2, 0) is 9.59 Å². The van der Waals surface area contributed by atoms with E-state index in [4.69, 9.17) is 9.47 Å². The number of amides is 1. The monoisotopic (exact) mass is 475 g/mol. The molecule has 170 valence electrons. The van der Waals surface area contributed by atoms with E-state index in [-0.39, 0.29) is 5.91 Å². The number of nitrogens with zero attached hydrogens (tertiary/aromatic N) is 3. The van der Waals surface area contributed by atoms with Crippen LogP contribution in [0.1, 0.15) is 37.9 Å². The Hall–Kier alpha value is -2.85. The van der Waals surface area contributed by atoms with E-state index in [0.29, 0.717) is 39.7 Å². The van der Waals surface area contributed by atoms with Gasteiger partial charge >= 0.3 is 5.97 Å². The zero-order valence-corrected chi connectivity index (χ0v) is 20.0. The maximum Gasteiger partial charge on any atom is 0.344 e. The number of amidine groups is 1. The zero-order valence-electron chi connectivity index (χ0n) is 18.3. The Bertz CT molecular complexity index is 1060. The molecule has 0 spiro atoms. The van der Waals surface area contributed by atoms with Crippen molar-refractivity contribution >= 4 is 51.4 Å². The largest absolute Gasteiger partial charge is 0.493 e. The Balaban J connectivity index is 1.88. The minimum atomic E-state index is -1.04. The Morgan fingerprint density at radius 3 is 2.72 bits per heavy atom. The van der Waals surface area contributed by atoms with E-state index in [2.05, 4.69) is 9.98 Å². The number of methoxy groups -OCH3 is 1. The molecule has 0 radical (unpaired) electrons. The van der Waals surface area contributed by atoms with Crippen LogP contribution in [0.3, 0.4) is 0 Å². The molecule has 0 aliphatic carbocycles. The fourth-order valence-corrected chi connectivity index (χ4v) is 4.70. The van der Waals surface area contributed by atoms with Gasteiger partial charge in [-0.05, 0) is 55.3 Å². The number of thiazole rings is 1. The third-order valence-electron chi connectivity index (χ3n) is 4.53. The molecule has 3 rings (SSSR count). The maximum absolute atomic E-state index is 13.0. The zero-order chi connectivity index (χ0) is 23.3. The van der Waals surface area contributed by atoms with Crippen molar-refractivity contribution in [2.45, 2.75) is 39.7 Å². The number of ether oxygens (including phenoxy) is 2.